The number of hydrogen-bond donors (Lipinski definition) is 2. The summed E-state index contributed by atoms with van der Waals surface area (Å²) in [6, 6.07) is 13.7. The third-order valence-electron chi connectivity index (χ3n) is 5.24. The number of carbonyl (C=O) groups is 2. The molecule has 0 radical (unpaired) electrons. The van der Waals surface area contributed by atoms with Crippen molar-refractivity contribution in [2.45, 2.75) is 45.4 Å². The second-order valence-corrected chi connectivity index (χ2v) is 7.53. The van der Waals surface area contributed by atoms with E-state index in [1.165, 1.54) is 17.5 Å². The van der Waals surface area contributed by atoms with Gasteiger partial charge in [0.1, 0.15) is 0 Å². The minimum Gasteiger partial charge on any atom is -0.370 e. The Hall–Kier alpha value is -2.82. The number of benzene rings is 2. The van der Waals surface area contributed by atoms with Crippen molar-refractivity contribution in [1.82, 2.24) is 0 Å². The molecule has 3 rings (SSSR count). The Kier molecular flexibility index (Phi) is 6.69. The third kappa shape index (κ3) is 5.35. The fourth-order valence-electron chi connectivity index (χ4n) is 3.62. The second-order valence-electron chi connectivity index (χ2n) is 7.53. The van der Waals surface area contributed by atoms with E-state index in [-0.39, 0.29) is 5.91 Å². The average molecular weight is 380 g/mol. The van der Waals surface area contributed by atoms with Gasteiger partial charge in [0.25, 0.3) is 0 Å². The maximum absolute atomic E-state index is 12.5. The van der Waals surface area contributed by atoms with Crippen molar-refractivity contribution >= 4 is 23.2 Å². The zero-order valence-corrected chi connectivity index (χ0v) is 16.5. The van der Waals surface area contributed by atoms with E-state index in [0.29, 0.717) is 17.7 Å². The van der Waals surface area contributed by atoms with Gasteiger partial charge in [-0.2, -0.15) is 0 Å². The van der Waals surface area contributed by atoms with Crippen molar-refractivity contribution in [3.8, 4) is 0 Å². The Morgan fingerprint density at radius 3 is 2.43 bits per heavy atom. The van der Waals surface area contributed by atoms with Crippen molar-refractivity contribution in [2.24, 2.45) is 5.73 Å². The molecule has 1 aliphatic heterocycles. The Morgan fingerprint density at radius 1 is 1.04 bits per heavy atom. The van der Waals surface area contributed by atoms with Crippen LogP contribution in [0.3, 0.4) is 0 Å². The summed E-state index contributed by atoms with van der Waals surface area (Å²) in [6.07, 6.45) is 5.60. The average Bonchev–Trinajstić information content (AvgIpc) is 2.70. The van der Waals surface area contributed by atoms with Crippen molar-refractivity contribution in [3.63, 3.8) is 0 Å². The van der Waals surface area contributed by atoms with E-state index in [9.17, 15) is 9.59 Å². The normalized spacial score (nSPS) is 14.0. The van der Waals surface area contributed by atoms with Crippen LogP contribution in [-0.2, 0) is 11.2 Å². The van der Waals surface area contributed by atoms with Crippen LogP contribution in [0.5, 0.6) is 0 Å². The van der Waals surface area contributed by atoms with Gasteiger partial charge in [-0.15, -0.1) is 0 Å². The molecule has 2 aromatic carbocycles. The number of nitrogens with one attached hydrogen (secondary N) is 1. The smallest absolute Gasteiger partial charge is 0.248 e. The standard InChI is InChI=1S/C23H29N3O2/c1-17-8-10-18(11-9-17)6-5-7-22(27)25-20-16-19(23(24)28)12-13-21(20)26-14-3-2-4-15-26/h8-13,16H,2-7,14-15H2,1H3,(H2,24,28)(H,25,27). The highest BCUT2D eigenvalue weighted by atomic mass is 16.2. The number of primary amides is 1. The van der Waals surface area contributed by atoms with Gasteiger partial charge < -0.3 is 16.0 Å². The molecule has 0 spiro atoms. The summed E-state index contributed by atoms with van der Waals surface area (Å²) >= 11 is 0. The third-order valence-corrected chi connectivity index (χ3v) is 5.24. The SMILES string of the molecule is Cc1ccc(CCCC(=O)Nc2cc(C(N)=O)ccc2N2CCCCC2)cc1. The molecular formula is C23H29N3O2. The molecule has 0 bridgehead atoms. The van der Waals surface area contributed by atoms with E-state index in [0.717, 1.165) is 44.5 Å². The summed E-state index contributed by atoms with van der Waals surface area (Å²) in [5.74, 6) is -0.521. The van der Waals surface area contributed by atoms with Gasteiger partial charge in [0.2, 0.25) is 11.8 Å². The van der Waals surface area contributed by atoms with Crippen LogP contribution in [0.15, 0.2) is 42.5 Å². The first kappa shape index (κ1) is 19.9. The lowest BCUT2D eigenvalue weighted by Gasteiger charge is -2.30. The van der Waals surface area contributed by atoms with Crippen LogP contribution in [0.1, 0.15) is 53.6 Å². The molecule has 0 atom stereocenters. The van der Waals surface area contributed by atoms with Crippen molar-refractivity contribution < 1.29 is 9.59 Å². The fraction of sp³-hybridized carbons (Fsp3) is 0.391. The molecule has 1 saturated heterocycles. The lowest BCUT2D eigenvalue weighted by Crippen LogP contribution is -2.30. The van der Waals surface area contributed by atoms with Crippen molar-refractivity contribution in [2.75, 3.05) is 23.3 Å². The molecule has 2 aromatic rings. The zero-order chi connectivity index (χ0) is 19.9. The van der Waals surface area contributed by atoms with Gasteiger partial charge in [0.15, 0.2) is 0 Å². The fourth-order valence-corrected chi connectivity index (χ4v) is 3.62. The van der Waals surface area contributed by atoms with E-state index in [2.05, 4.69) is 41.4 Å². The van der Waals surface area contributed by atoms with Gasteiger partial charge in [-0.3, -0.25) is 9.59 Å². The first-order chi connectivity index (χ1) is 13.5. The number of rotatable bonds is 7. The van der Waals surface area contributed by atoms with E-state index in [4.69, 9.17) is 5.73 Å². The maximum Gasteiger partial charge on any atom is 0.248 e. The van der Waals surface area contributed by atoms with Crippen LogP contribution >= 0.6 is 0 Å². The number of anilines is 2. The second kappa shape index (κ2) is 9.40. The number of nitrogens with two attached hydrogens (primary N) is 1. The van der Waals surface area contributed by atoms with Gasteiger partial charge in [0.05, 0.1) is 11.4 Å². The van der Waals surface area contributed by atoms with E-state index < -0.39 is 5.91 Å². The molecule has 0 unspecified atom stereocenters. The van der Waals surface area contributed by atoms with Gasteiger partial charge >= 0.3 is 0 Å². The first-order valence-corrected chi connectivity index (χ1v) is 10.1. The molecule has 5 nitrogen and oxygen atoms in total. The molecule has 5 heteroatoms. The van der Waals surface area contributed by atoms with Crippen LogP contribution in [0, 0.1) is 6.92 Å². The highest BCUT2D eigenvalue weighted by molar-refractivity contribution is 5.99. The van der Waals surface area contributed by atoms with Gasteiger partial charge in [0, 0.05) is 25.1 Å². The lowest BCUT2D eigenvalue weighted by atomic mass is 10.1. The van der Waals surface area contributed by atoms with Crippen molar-refractivity contribution in [3.05, 3.63) is 59.2 Å². The summed E-state index contributed by atoms with van der Waals surface area (Å²) < 4.78 is 0. The van der Waals surface area contributed by atoms with Crippen molar-refractivity contribution in [1.29, 1.82) is 0 Å². The van der Waals surface area contributed by atoms with E-state index in [1.54, 1.807) is 12.1 Å². The molecule has 1 fully saturated rings. The van der Waals surface area contributed by atoms with Gasteiger partial charge in [-0.05, 0) is 62.8 Å². The molecule has 3 N–H and O–H groups in total. The molecule has 0 aliphatic carbocycles. The molecule has 0 saturated carbocycles. The van der Waals surface area contributed by atoms with Gasteiger partial charge in [-0.25, -0.2) is 0 Å². The Bertz CT molecular complexity index is 824. The number of aryl methyl sites for hydroxylation is 2. The van der Waals surface area contributed by atoms with Crippen LogP contribution < -0.4 is 16.0 Å². The minimum absolute atomic E-state index is 0.0352. The van der Waals surface area contributed by atoms with Crippen LogP contribution in [0.4, 0.5) is 11.4 Å². The highest BCUT2D eigenvalue weighted by Gasteiger charge is 2.17. The Balaban J connectivity index is 1.64. The summed E-state index contributed by atoms with van der Waals surface area (Å²) in [7, 11) is 0. The highest BCUT2D eigenvalue weighted by Crippen LogP contribution is 2.30. The quantitative estimate of drug-likeness (QED) is 0.762. The summed E-state index contributed by atoms with van der Waals surface area (Å²) in [6.45, 7) is 4.00. The predicted octanol–water partition coefficient (Wildman–Crippen LogP) is 4.05. The largest absolute Gasteiger partial charge is 0.370 e. The molecule has 28 heavy (non-hydrogen) atoms. The van der Waals surface area contributed by atoms with Gasteiger partial charge in [-0.1, -0.05) is 29.8 Å². The molecule has 0 aromatic heterocycles. The topological polar surface area (TPSA) is 75.4 Å². The van der Waals surface area contributed by atoms with Crippen LogP contribution in [0.2, 0.25) is 0 Å². The summed E-state index contributed by atoms with van der Waals surface area (Å²) in [5.41, 5.74) is 9.97. The lowest BCUT2D eigenvalue weighted by molar-refractivity contribution is -0.116. The Labute approximate surface area is 166 Å². The Morgan fingerprint density at radius 2 is 1.75 bits per heavy atom. The van der Waals surface area contributed by atoms with Crippen LogP contribution in [-0.4, -0.2) is 24.9 Å². The molecular weight excluding hydrogens is 350 g/mol. The summed E-state index contributed by atoms with van der Waals surface area (Å²) in [5, 5.41) is 3.01. The molecule has 148 valence electrons. The molecule has 1 heterocycles. The molecule has 1 aliphatic rings. The summed E-state index contributed by atoms with van der Waals surface area (Å²) in [4.78, 5) is 26.4. The number of carbonyl (C=O) groups excluding carboxylic acids is 2. The first-order valence-electron chi connectivity index (χ1n) is 10.1. The minimum atomic E-state index is -0.486. The molecule has 2 amide bonds. The number of hydrogen-bond acceptors (Lipinski definition) is 3. The van der Waals surface area contributed by atoms with Crippen LogP contribution in [0.25, 0.3) is 0 Å². The predicted molar refractivity (Wildman–Crippen MR) is 114 cm³/mol. The number of amides is 2. The number of piperidine rings is 1. The monoisotopic (exact) mass is 379 g/mol. The number of nitrogens with zero attached hydrogens (tertiary/aromatic N) is 1. The zero-order valence-electron chi connectivity index (χ0n) is 16.5. The van der Waals surface area contributed by atoms with E-state index in [1.807, 2.05) is 6.07 Å². The van der Waals surface area contributed by atoms with E-state index >= 15 is 0 Å². The maximum atomic E-state index is 12.5.